The molecule has 0 atom stereocenters. The van der Waals surface area contributed by atoms with E-state index in [-0.39, 0.29) is 22.7 Å². The second-order valence-corrected chi connectivity index (χ2v) is 4.34. The fourth-order valence-corrected chi connectivity index (χ4v) is 1.64. The molecule has 18 heavy (non-hydrogen) atoms. The van der Waals surface area contributed by atoms with E-state index in [1.165, 1.54) is 24.3 Å². The van der Waals surface area contributed by atoms with Gasteiger partial charge in [-0.15, -0.1) is 0 Å². The van der Waals surface area contributed by atoms with Gasteiger partial charge in [-0.1, -0.05) is 15.9 Å². The number of phenols is 1. The molecule has 0 unspecified atom stereocenters. The van der Waals surface area contributed by atoms with E-state index in [2.05, 4.69) is 31.4 Å². The summed E-state index contributed by atoms with van der Waals surface area (Å²) in [5, 5.41) is 17.9. The maximum absolute atomic E-state index is 11.8. The Bertz CT molecular complexity index is 634. The monoisotopic (exact) mass is 309 g/mol. The number of rotatable bonds is 2. The lowest BCUT2D eigenvalue weighted by Gasteiger charge is -2.05. The molecule has 0 aliphatic rings. The Morgan fingerprint density at radius 2 is 2.11 bits per heavy atom. The van der Waals surface area contributed by atoms with E-state index in [1.54, 1.807) is 6.07 Å². The van der Waals surface area contributed by atoms with Crippen LogP contribution >= 0.6 is 15.9 Å². The van der Waals surface area contributed by atoms with Gasteiger partial charge in [0, 0.05) is 10.5 Å². The number of nitrogens with zero attached hydrogens (tertiary/aromatic N) is 1. The third-order valence-corrected chi connectivity index (χ3v) is 2.62. The number of hydrogen-bond donors (Lipinski definition) is 3. The Hall–Kier alpha value is -2.15. The standard InChI is InChI=1S/C11H8BrN3O3/c12-6-1-2-7(8(16)5-6)11(18)13-9-3-4-10(17)15-14-9/h1-5,16H,(H,15,17)(H,13,14,18). The lowest BCUT2D eigenvalue weighted by molar-refractivity contribution is 0.102. The van der Waals surface area contributed by atoms with Crippen molar-refractivity contribution in [3.63, 3.8) is 0 Å². The number of carbonyl (C=O) groups is 1. The molecule has 1 heterocycles. The number of H-pyrrole nitrogens is 1. The number of aromatic nitrogens is 2. The Labute approximate surface area is 110 Å². The quantitative estimate of drug-likeness (QED) is 0.783. The van der Waals surface area contributed by atoms with Crippen molar-refractivity contribution in [2.45, 2.75) is 0 Å². The first-order valence-corrected chi connectivity index (χ1v) is 5.71. The molecule has 0 aliphatic carbocycles. The van der Waals surface area contributed by atoms with Crippen molar-refractivity contribution in [1.29, 1.82) is 0 Å². The Morgan fingerprint density at radius 1 is 1.33 bits per heavy atom. The molecule has 1 aromatic heterocycles. The normalized spacial score (nSPS) is 10.1. The fourth-order valence-electron chi connectivity index (χ4n) is 1.29. The molecule has 0 fully saturated rings. The van der Waals surface area contributed by atoms with Crippen LogP contribution in [0.5, 0.6) is 5.75 Å². The van der Waals surface area contributed by atoms with E-state index >= 15 is 0 Å². The van der Waals surface area contributed by atoms with Gasteiger partial charge >= 0.3 is 0 Å². The summed E-state index contributed by atoms with van der Waals surface area (Å²) in [5.41, 5.74) is -0.245. The van der Waals surface area contributed by atoms with Gasteiger partial charge in [0.2, 0.25) is 0 Å². The van der Waals surface area contributed by atoms with Gasteiger partial charge in [-0.05, 0) is 24.3 Å². The minimum absolute atomic E-state index is 0.117. The highest BCUT2D eigenvalue weighted by molar-refractivity contribution is 9.10. The van der Waals surface area contributed by atoms with Crippen LogP contribution in [-0.4, -0.2) is 21.2 Å². The van der Waals surface area contributed by atoms with Crippen molar-refractivity contribution < 1.29 is 9.90 Å². The van der Waals surface area contributed by atoms with E-state index in [1.807, 2.05) is 0 Å². The molecule has 2 rings (SSSR count). The minimum atomic E-state index is -0.514. The van der Waals surface area contributed by atoms with Crippen LogP contribution in [-0.2, 0) is 0 Å². The summed E-state index contributed by atoms with van der Waals surface area (Å²) in [4.78, 5) is 22.6. The number of amides is 1. The lowest BCUT2D eigenvalue weighted by atomic mass is 10.2. The van der Waals surface area contributed by atoms with E-state index in [0.29, 0.717) is 4.47 Å². The highest BCUT2D eigenvalue weighted by Crippen LogP contribution is 2.22. The molecule has 7 heteroatoms. The van der Waals surface area contributed by atoms with Gasteiger partial charge in [-0.25, -0.2) is 5.10 Å². The van der Waals surface area contributed by atoms with Crippen LogP contribution in [0.3, 0.4) is 0 Å². The highest BCUT2D eigenvalue weighted by atomic mass is 79.9. The first-order chi connectivity index (χ1) is 8.56. The largest absolute Gasteiger partial charge is 0.507 e. The molecule has 2 aromatic rings. The molecular formula is C11H8BrN3O3. The number of nitrogens with one attached hydrogen (secondary N) is 2. The van der Waals surface area contributed by atoms with Crippen molar-refractivity contribution in [2.75, 3.05) is 5.32 Å². The number of carbonyl (C=O) groups excluding carboxylic acids is 1. The van der Waals surface area contributed by atoms with Crippen LogP contribution in [0.15, 0.2) is 39.6 Å². The number of phenolic OH excluding ortho intramolecular Hbond substituents is 1. The third kappa shape index (κ3) is 2.75. The zero-order valence-electron chi connectivity index (χ0n) is 8.98. The van der Waals surface area contributed by atoms with Crippen molar-refractivity contribution >= 4 is 27.7 Å². The molecule has 6 nitrogen and oxygen atoms in total. The molecule has 0 saturated heterocycles. The van der Waals surface area contributed by atoms with Crippen LogP contribution in [0.4, 0.5) is 5.82 Å². The predicted octanol–water partition coefficient (Wildman–Crippen LogP) is 1.49. The zero-order valence-corrected chi connectivity index (χ0v) is 10.6. The van der Waals surface area contributed by atoms with Gasteiger partial charge in [0.25, 0.3) is 11.5 Å². The summed E-state index contributed by atoms with van der Waals surface area (Å²) in [6.45, 7) is 0. The van der Waals surface area contributed by atoms with Gasteiger partial charge in [0.15, 0.2) is 5.82 Å². The summed E-state index contributed by atoms with van der Waals surface area (Å²) in [6.07, 6.45) is 0. The second kappa shape index (κ2) is 5.01. The van der Waals surface area contributed by atoms with Crippen molar-refractivity contribution in [3.05, 3.63) is 50.7 Å². The van der Waals surface area contributed by atoms with Gasteiger partial charge in [-0.3, -0.25) is 9.59 Å². The van der Waals surface area contributed by atoms with Crippen molar-refractivity contribution in [2.24, 2.45) is 0 Å². The first-order valence-electron chi connectivity index (χ1n) is 4.92. The second-order valence-electron chi connectivity index (χ2n) is 3.42. The average Bonchev–Trinajstić information content (AvgIpc) is 2.32. The summed E-state index contributed by atoms with van der Waals surface area (Å²) in [7, 11) is 0. The molecular weight excluding hydrogens is 302 g/mol. The van der Waals surface area contributed by atoms with Crippen LogP contribution < -0.4 is 10.9 Å². The van der Waals surface area contributed by atoms with Gasteiger partial charge in [0.1, 0.15) is 5.75 Å². The highest BCUT2D eigenvalue weighted by Gasteiger charge is 2.11. The summed E-state index contributed by atoms with van der Waals surface area (Å²) >= 11 is 3.18. The van der Waals surface area contributed by atoms with Gasteiger partial charge in [0.05, 0.1) is 5.56 Å². The Kier molecular flexibility index (Phi) is 3.42. The van der Waals surface area contributed by atoms with E-state index in [4.69, 9.17) is 0 Å². The zero-order chi connectivity index (χ0) is 13.1. The van der Waals surface area contributed by atoms with Crippen LogP contribution in [0.25, 0.3) is 0 Å². The number of benzene rings is 1. The van der Waals surface area contributed by atoms with Crippen LogP contribution in [0.1, 0.15) is 10.4 Å². The molecule has 0 radical (unpaired) electrons. The molecule has 1 amide bonds. The van der Waals surface area contributed by atoms with Crippen LogP contribution in [0, 0.1) is 0 Å². The summed E-state index contributed by atoms with van der Waals surface area (Å²) < 4.78 is 0.665. The molecule has 3 N–H and O–H groups in total. The van der Waals surface area contributed by atoms with Gasteiger partial charge < -0.3 is 10.4 Å². The minimum Gasteiger partial charge on any atom is -0.507 e. The smallest absolute Gasteiger partial charge is 0.264 e. The molecule has 0 aliphatic heterocycles. The number of halogens is 1. The average molecular weight is 310 g/mol. The number of hydrogen-bond acceptors (Lipinski definition) is 4. The van der Waals surface area contributed by atoms with Crippen LogP contribution in [0.2, 0.25) is 0 Å². The van der Waals surface area contributed by atoms with Gasteiger partial charge in [-0.2, -0.15) is 5.10 Å². The lowest BCUT2D eigenvalue weighted by Crippen LogP contribution is -2.15. The molecule has 92 valence electrons. The van der Waals surface area contributed by atoms with Crippen molar-refractivity contribution in [1.82, 2.24) is 10.2 Å². The van der Waals surface area contributed by atoms with Crippen molar-refractivity contribution in [3.8, 4) is 5.75 Å². The summed E-state index contributed by atoms with van der Waals surface area (Å²) in [6, 6.07) is 7.13. The van der Waals surface area contributed by atoms with E-state index in [9.17, 15) is 14.7 Å². The maximum Gasteiger partial charge on any atom is 0.264 e. The predicted molar refractivity (Wildman–Crippen MR) is 68.6 cm³/mol. The van der Waals surface area contributed by atoms with E-state index in [0.717, 1.165) is 0 Å². The number of anilines is 1. The number of aromatic amines is 1. The number of aromatic hydroxyl groups is 1. The van der Waals surface area contributed by atoms with E-state index < -0.39 is 5.91 Å². The first kappa shape index (κ1) is 12.3. The topological polar surface area (TPSA) is 95.1 Å². The Balaban J connectivity index is 2.22. The fraction of sp³-hybridized carbons (Fsp3) is 0. The maximum atomic E-state index is 11.8. The SMILES string of the molecule is O=C(Nc1ccc(=O)[nH]n1)c1ccc(Br)cc1O. The molecule has 1 aromatic carbocycles. The molecule has 0 bridgehead atoms. The molecule has 0 saturated carbocycles. The summed E-state index contributed by atoms with van der Waals surface area (Å²) in [5.74, 6) is -0.465. The third-order valence-electron chi connectivity index (χ3n) is 2.13. The Morgan fingerprint density at radius 3 is 2.72 bits per heavy atom. The molecule has 0 spiro atoms.